The monoisotopic (exact) mass is 334 g/mol. The van der Waals surface area contributed by atoms with Crippen molar-refractivity contribution in [3.05, 3.63) is 29.3 Å². The van der Waals surface area contributed by atoms with Gasteiger partial charge in [0.05, 0.1) is 0 Å². The number of anilines is 1. The van der Waals surface area contributed by atoms with Crippen molar-refractivity contribution in [1.82, 2.24) is 5.32 Å². The van der Waals surface area contributed by atoms with Gasteiger partial charge in [-0.05, 0) is 49.9 Å². The van der Waals surface area contributed by atoms with E-state index in [1.807, 2.05) is 20.8 Å². The maximum atomic E-state index is 12.2. The predicted octanol–water partition coefficient (Wildman–Crippen LogP) is 2.96. The number of aryl methyl sites for hydroxylation is 1. The van der Waals surface area contributed by atoms with Gasteiger partial charge in [0.2, 0.25) is 5.91 Å². The van der Waals surface area contributed by atoms with E-state index in [4.69, 9.17) is 5.11 Å². The van der Waals surface area contributed by atoms with E-state index < -0.39 is 5.97 Å². The number of carbonyl (C=O) groups excluding carboxylic acids is 2. The molecule has 0 bridgehead atoms. The first-order valence-corrected chi connectivity index (χ1v) is 8.12. The number of benzene rings is 1. The molecule has 0 aromatic heterocycles. The Morgan fingerprint density at radius 1 is 1.17 bits per heavy atom. The number of nitrogens with one attached hydrogen (secondary N) is 2. The van der Waals surface area contributed by atoms with Crippen LogP contribution >= 0.6 is 0 Å². The minimum Gasteiger partial charge on any atom is -0.481 e. The predicted molar refractivity (Wildman–Crippen MR) is 93.1 cm³/mol. The second-order valence-electron chi connectivity index (χ2n) is 6.48. The third kappa shape index (κ3) is 6.81. The molecule has 132 valence electrons. The summed E-state index contributed by atoms with van der Waals surface area (Å²) in [5, 5.41) is 14.3. The van der Waals surface area contributed by atoms with Crippen LogP contribution in [-0.4, -0.2) is 28.9 Å². The van der Waals surface area contributed by atoms with Gasteiger partial charge in [-0.25, -0.2) is 0 Å². The Morgan fingerprint density at radius 3 is 2.38 bits per heavy atom. The Labute approximate surface area is 142 Å². The molecule has 0 radical (unpaired) electrons. The van der Waals surface area contributed by atoms with E-state index in [2.05, 4.69) is 10.6 Å². The van der Waals surface area contributed by atoms with Gasteiger partial charge in [0.1, 0.15) is 0 Å². The fourth-order valence-electron chi connectivity index (χ4n) is 2.24. The summed E-state index contributed by atoms with van der Waals surface area (Å²) < 4.78 is 0. The van der Waals surface area contributed by atoms with Gasteiger partial charge in [-0.1, -0.05) is 13.8 Å². The summed E-state index contributed by atoms with van der Waals surface area (Å²) in [6.07, 6.45) is 0.841. The van der Waals surface area contributed by atoms with Crippen LogP contribution in [0.1, 0.15) is 56.0 Å². The number of carbonyl (C=O) groups is 3. The zero-order chi connectivity index (χ0) is 18.3. The summed E-state index contributed by atoms with van der Waals surface area (Å²) in [6, 6.07) is 4.85. The molecule has 0 aliphatic rings. The fourth-order valence-corrected chi connectivity index (χ4v) is 2.24. The molecule has 24 heavy (non-hydrogen) atoms. The molecular formula is C18H26N2O4. The molecule has 0 heterocycles. The van der Waals surface area contributed by atoms with Gasteiger partial charge in [-0.3, -0.25) is 14.4 Å². The molecule has 0 saturated heterocycles. The van der Waals surface area contributed by atoms with Crippen LogP contribution in [0.4, 0.5) is 5.69 Å². The van der Waals surface area contributed by atoms with Crippen molar-refractivity contribution in [2.24, 2.45) is 5.92 Å². The first-order chi connectivity index (χ1) is 11.2. The second kappa shape index (κ2) is 9.05. The van der Waals surface area contributed by atoms with Crippen LogP contribution < -0.4 is 10.6 Å². The Morgan fingerprint density at radius 2 is 1.83 bits per heavy atom. The first kappa shape index (κ1) is 19.7. The fraction of sp³-hybridized carbons (Fsp3) is 0.500. The number of carboxylic acids is 1. The molecule has 0 saturated carbocycles. The number of hydrogen-bond acceptors (Lipinski definition) is 3. The van der Waals surface area contributed by atoms with Gasteiger partial charge >= 0.3 is 5.97 Å². The summed E-state index contributed by atoms with van der Waals surface area (Å²) in [5.41, 5.74) is 1.98. The molecule has 1 aromatic rings. The lowest BCUT2D eigenvalue weighted by Gasteiger charge is -2.14. The third-order valence-electron chi connectivity index (χ3n) is 3.53. The summed E-state index contributed by atoms with van der Waals surface area (Å²) in [4.78, 5) is 34.6. The highest BCUT2D eigenvalue weighted by Gasteiger charge is 2.13. The molecule has 0 fully saturated rings. The lowest BCUT2D eigenvalue weighted by molar-refractivity contribution is -0.137. The molecular weight excluding hydrogens is 308 g/mol. The highest BCUT2D eigenvalue weighted by Crippen LogP contribution is 2.17. The van der Waals surface area contributed by atoms with Crippen molar-refractivity contribution >= 4 is 23.5 Å². The number of hydrogen-bond donors (Lipinski definition) is 3. The zero-order valence-electron chi connectivity index (χ0n) is 14.7. The van der Waals surface area contributed by atoms with Crippen molar-refractivity contribution in [2.75, 3.05) is 5.32 Å². The molecule has 1 aromatic carbocycles. The standard InChI is InChI=1S/C18H26N2O4/c1-11(2)9-16(21)20-15-7-6-14(10-12(15)3)18(24)19-13(4)5-8-17(22)23/h6-7,10-11,13H,5,8-9H2,1-4H3,(H,19,24)(H,20,21)(H,22,23). The Hall–Kier alpha value is -2.37. The second-order valence-corrected chi connectivity index (χ2v) is 6.48. The number of aliphatic carboxylic acids is 1. The van der Waals surface area contributed by atoms with Gasteiger partial charge in [-0.2, -0.15) is 0 Å². The van der Waals surface area contributed by atoms with E-state index in [0.717, 1.165) is 5.56 Å². The Balaban J connectivity index is 2.67. The molecule has 0 aliphatic heterocycles. The molecule has 2 amide bonds. The van der Waals surface area contributed by atoms with Gasteiger partial charge < -0.3 is 15.7 Å². The van der Waals surface area contributed by atoms with Gasteiger partial charge in [0.15, 0.2) is 0 Å². The number of amides is 2. The van der Waals surface area contributed by atoms with Crippen LogP contribution in [0, 0.1) is 12.8 Å². The van der Waals surface area contributed by atoms with Crippen LogP contribution in [0.5, 0.6) is 0 Å². The van der Waals surface area contributed by atoms with Gasteiger partial charge in [0, 0.05) is 30.1 Å². The van der Waals surface area contributed by atoms with E-state index in [0.29, 0.717) is 24.1 Å². The first-order valence-electron chi connectivity index (χ1n) is 8.12. The summed E-state index contributed by atoms with van der Waals surface area (Å²) in [6.45, 7) is 7.56. The van der Waals surface area contributed by atoms with E-state index >= 15 is 0 Å². The van der Waals surface area contributed by atoms with Crippen molar-refractivity contribution in [3.63, 3.8) is 0 Å². The smallest absolute Gasteiger partial charge is 0.303 e. The molecule has 1 atom stereocenters. The largest absolute Gasteiger partial charge is 0.481 e. The van der Waals surface area contributed by atoms with Gasteiger partial charge in [-0.15, -0.1) is 0 Å². The highest BCUT2D eigenvalue weighted by molar-refractivity contribution is 5.96. The lowest BCUT2D eigenvalue weighted by Crippen LogP contribution is -2.33. The summed E-state index contributed by atoms with van der Waals surface area (Å²) in [7, 11) is 0. The minimum absolute atomic E-state index is 0.0152. The molecule has 1 unspecified atom stereocenters. The van der Waals surface area contributed by atoms with E-state index in [9.17, 15) is 14.4 Å². The van der Waals surface area contributed by atoms with E-state index in [1.165, 1.54) is 0 Å². The van der Waals surface area contributed by atoms with E-state index in [-0.39, 0.29) is 30.2 Å². The Bertz CT molecular complexity index is 611. The van der Waals surface area contributed by atoms with Gasteiger partial charge in [0.25, 0.3) is 5.91 Å². The van der Waals surface area contributed by atoms with Crippen molar-refractivity contribution in [1.29, 1.82) is 0 Å². The van der Waals surface area contributed by atoms with Crippen LogP contribution in [-0.2, 0) is 9.59 Å². The molecule has 6 heteroatoms. The maximum Gasteiger partial charge on any atom is 0.303 e. The minimum atomic E-state index is -0.881. The molecule has 1 rings (SSSR count). The maximum absolute atomic E-state index is 12.2. The van der Waals surface area contributed by atoms with Crippen LogP contribution in [0.3, 0.4) is 0 Å². The SMILES string of the molecule is Cc1cc(C(=O)NC(C)CCC(=O)O)ccc1NC(=O)CC(C)C. The highest BCUT2D eigenvalue weighted by atomic mass is 16.4. The summed E-state index contributed by atoms with van der Waals surface area (Å²) in [5.74, 6) is -0.903. The quantitative estimate of drug-likeness (QED) is 0.681. The lowest BCUT2D eigenvalue weighted by atomic mass is 10.1. The summed E-state index contributed by atoms with van der Waals surface area (Å²) >= 11 is 0. The van der Waals surface area contributed by atoms with Crippen molar-refractivity contribution in [2.45, 2.75) is 53.0 Å². The molecule has 6 nitrogen and oxygen atoms in total. The molecule has 3 N–H and O–H groups in total. The van der Waals surface area contributed by atoms with Crippen LogP contribution in [0.15, 0.2) is 18.2 Å². The average molecular weight is 334 g/mol. The Kier molecular flexibility index (Phi) is 7.42. The third-order valence-corrected chi connectivity index (χ3v) is 3.53. The van der Waals surface area contributed by atoms with Crippen LogP contribution in [0.25, 0.3) is 0 Å². The average Bonchev–Trinajstić information content (AvgIpc) is 2.46. The molecule has 0 spiro atoms. The number of carboxylic acid groups (broad SMARTS) is 1. The van der Waals surface area contributed by atoms with Crippen molar-refractivity contribution in [3.8, 4) is 0 Å². The van der Waals surface area contributed by atoms with E-state index in [1.54, 1.807) is 25.1 Å². The van der Waals surface area contributed by atoms with Crippen molar-refractivity contribution < 1.29 is 19.5 Å². The van der Waals surface area contributed by atoms with Crippen LogP contribution in [0.2, 0.25) is 0 Å². The normalized spacial score (nSPS) is 11.9. The number of rotatable bonds is 8. The topological polar surface area (TPSA) is 95.5 Å². The molecule has 0 aliphatic carbocycles. The zero-order valence-corrected chi connectivity index (χ0v) is 14.7.